The summed E-state index contributed by atoms with van der Waals surface area (Å²) >= 11 is 0. The predicted molar refractivity (Wildman–Crippen MR) is 136 cm³/mol. The number of nitrogens with zero attached hydrogens (tertiary/aromatic N) is 1. The fraction of sp³-hybridized carbons (Fsp3) is 0.0370. The van der Waals surface area contributed by atoms with E-state index in [1.54, 1.807) is 49.6 Å². The zero-order valence-electron chi connectivity index (χ0n) is 18.4. The molecule has 34 heavy (non-hydrogen) atoms. The van der Waals surface area contributed by atoms with Gasteiger partial charge in [0.25, 0.3) is 0 Å². The monoisotopic (exact) mass is 450 g/mol. The normalized spacial score (nSPS) is 10.7. The first-order valence-electron chi connectivity index (χ1n) is 10.7. The van der Waals surface area contributed by atoms with Crippen molar-refractivity contribution in [3.8, 4) is 11.5 Å². The zero-order chi connectivity index (χ0) is 23.5. The number of aromatic nitrogens is 1. The number of hydrogen-bond donors (Lipinski definition) is 3. The van der Waals surface area contributed by atoms with Crippen LogP contribution in [0.1, 0.15) is 0 Å². The first-order chi connectivity index (χ1) is 16.6. The third-order valence-corrected chi connectivity index (χ3v) is 5.31. The van der Waals surface area contributed by atoms with E-state index in [1.807, 2.05) is 48.5 Å². The number of rotatable bonds is 5. The van der Waals surface area contributed by atoms with Crippen LogP contribution < -0.4 is 25.8 Å². The van der Waals surface area contributed by atoms with E-state index >= 15 is 0 Å². The van der Waals surface area contributed by atoms with Crippen molar-refractivity contribution < 1.29 is 14.3 Å². The molecule has 0 atom stereocenters. The number of carbonyl (C=O) groups is 1. The molecule has 0 aliphatic heterocycles. The van der Waals surface area contributed by atoms with Gasteiger partial charge < -0.3 is 20.5 Å². The molecule has 0 radical (unpaired) electrons. The number of ether oxygens (including phenoxy) is 2. The van der Waals surface area contributed by atoms with E-state index in [1.165, 1.54) is 0 Å². The van der Waals surface area contributed by atoms with Gasteiger partial charge in [0.05, 0.1) is 23.8 Å². The Balaban J connectivity index is 1.44. The number of anilines is 4. The molecule has 0 spiro atoms. The highest BCUT2D eigenvalue weighted by molar-refractivity contribution is 6.08. The van der Waals surface area contributed by atoms with Crippen molar-refractivity contribution in [2.45, 2.75) is 0 Å². The van der Waals surface area contributed by atoms with Crippen LogP contribution in [-0.2, 0) is 0 Å². The first kappa shape index (κ1) is 21.1. The summed E-state index contributed by atoms with van der Waals surface area (Å²) in [6.45, 7) is 0. The summed E-state index contributed by atoms with van der Waals surface area (Å²) in [5, 5.41) is 8.10. The molecule has 4 N–H and O–H groups in total. The van der Waals surface area contributed by atoms with Gasteiger partial charge in [0.2, 0.25) is 0 Å². The molecule has 1 aromatic heterocycles. The molecule has 0 unspecified atom stereocenters. The Hall–Kier alpha value is -4.78. The largest absolute Gasteiger partial charge is 0.497 e. The quantitative estimate of drug-likeness (QED) is 0.214. The number of benzene rings is 4. The van der Waals surface area contributed by atoms with E-state index < -0.39 is 6.09 Å². The summed E-state index contributed by atoms with van der Waals surface area (Å²) in [5.74, 6) is 0.940. The Labute approximate surface area is 196 Å². The highest BCUT2D eigenvalue weighted by Gasteiger charge is 2.12. The lowest BCUT2D eigenvalue weighted by molar-refractivity contribution is 0.215. The van der Waals surface area contributed by atoms with Crippen molar-refractivity contribution >= 4 is 50.6 Å². The summed E-state index contributed by atoms with van der Waals surface area (Å²) < 4.78 is 10.7. The number of fused-ring (bicyclic) bond motifs is 2. The van der Waals surface area contributed by atoms with E-state index in [4.69, 9.17) is 20.2 Å². The Bertz CT molecular complexity index is 1460. The van der Waals surface area contributed by atoms with Gasteiger partial charge in [0.15, 0.2) is 0 Å². The predicted octanol–water partition coefficient (Wildman–Crippen LogP) is 6.33. The average molecular weight is 450 g/mol. The van der Waals surface area contributed by atoms with Crippen molar-refractivity contribution in [2.24, 2.45) is 0 Å². The number of nitrogens with two attached hydrogens (primary N) is 1. The Morgan fingerprint density at radius 2 is 1.47 bits per heavy atom. The molecular formula is C27H22N4O3. The maximum absolute atomic E-state index is 12.5. The number of methoxy groups -OCH3 is 1. The van der Waals surface area contributed by atoms with Gasteiger partial charge >= 0.3 is 6.09 Å². The van der Waals surface area contributed by atoms with Crippen molar-refractivity contribution in [1.82, 2.24) is 4.98 Å². The van der Waals surface area contributed by atoms with Crippen molar-refractivity contribution in [3.63, 3.8) is 0 Å². The smallest absolute Gasteiger partial charge is 0.417 e. The number of amides is 1. The highest BCUT2D eigenvalue weighted by atomic mass is 16.6. The molecule has 0 fully saturated rings. The molecule has 0 bridgehead atoms. The SMILES string of the molecule is COc1cccc(NC(=O)Oc2cc(N)cc(Nc3c4ccccc4nc4ccccc34)c2)c1. The molecule has 0 aliphatic rings. The third-order valence-electron chi connectivity index (χ3n) is 5.31. The van der Waals surface area contributed by atoms with Gasteiger partial charge in [-0.3, -0.25) is 5.32 Å². The molecule has 0 saturated heterocycles. The minimum absolute atomic E-state index is 0.311. The molecule has 0 saturated carbocycles. The summed E-state index contributed by atoms with van der Waals surface area (Å²) in [4.78, 5) is 17.2. The van der Waals surface area contributed by atoms with Gasteiger partial charge in [-0.05, 0) is 30.3 Å². The maximum atomic E-state index is 12.5. The fourth-order valence-electron chi connectivity index (χ4n) is 3.82. The van der Waals surface area contributed by atoms with Crippen LogP contribution in [0.3, 0.4) is 0 Å². The van der Waals surface area contributed by atoms with Crippen LogP contribution in [-0.4, -0.2) is 18.2 Å². The van der Waals surface area contributed by atoms with Crippen molar-refractivity contribution in [1.29, 1.82) is 0 Å². The lowest BCUT2D eigenvalue weighted by Crippen LogP contribution is -2.16. The van der Waals surface area contributed by atoms with Crippen LogP contribution in [0, 0.1) is 0 Å². The Morgan fingerprint density at radius 1 is 0.794 bits per heavy atom. The standard InChI is InChI=1S/C27H22N4O3/c1-33-20-8-6-7-18(15-20)30-27(32)34-21-14-17(28)13-19(16-21)29-26-22-9-2-4-11-24(22)31-25-12-5-3-10-23(25)26/h2-16H,28H2,1H3,(H,29,31)(H,30,32). The second kappa shape index (κ2) is 8.99. The van der Waals surface area contributed by atoms with Crippen molar-refractivity contribution in [3.05, 3.63) is 91.0 Å². The van der Waals surface area contributed by atoms with E-state index in [9.17, 15) is 4.79 Å². The first-order valence-corrected chi connectivity index (χ1v) is 10.7. The van der Waals surface area contributed by atoms with Crippen LogP contribution in [0.15, 0.2) is 91.0 Å². The average Bonchev–Trinajstić information content (AvgIpc) is 2.83. The molecule has 5 aromatic rings. The number of nitrogen functional groups attached to an aromatic ring is 1. The second-order valence-corrected chi connectivity index (χ2v) is 7.68. The van der Waals surface area contributed by atoms with Crippen LogP contribution >= 0.6 is 0 Å². The van der Waals surface area contributed by atoms with Gasteiger partial charge in [-0.1, -0.05) is 42.5 Å². The Kier molecular flexibility index (Phi) is 5.58. The lowest BCUT2D eigenvalue weighted by Gasteiger charge is -2.15. The van der Waals surface area contributed by atoms with Gasteiger partial charge in [0, 0.05) is 46.0 Å². The number of nitrogens with one attached hydrogen (secondary N) is 2. The van der Waals surface area contributed by atoms with Crippen LogP contribution in [0.2, 0.25) is 0 Å². The van der Waals surface area contributed by atoms with Crippen LogP contribution in [0.5, 0.6) is 11.5 Å². The number of pyridine rings is 1. The number of hydrogen-bond acceptors (Lipinski definition) is 6. The molecular weight excluding hydrogens is 428 g/mol. The third kappa shape index (κ3) is 4.40. The topological polar surface area (TPSA) is 98.5 Å². The van der Waals surface area contributed by atoms with Crippen LogP contribution in [0.4, 0.5) is 27.5 Å². The summed E-state index contributed by atoms with van der Waals surface area (Å²) in [5.41, 5.74) is 10.5. The molecule has 0 aliphatic carbocycles. The van der Waals surface area contributed by atoms with E-state index in [0.717, 1.165) is 27.5 Å². The maximum Gasteiger partial charge on any atom is 0.417 e. The fourth-order valence-corrected chi connectivity index (χ4v) is 3.82. The summed E-state index contributed by atoms with van der Waals surface area (Å²) in [6, 6.07) is 28.0. The van der Waals surface area contributed by atoms with Gasteiger partial charge in [0.1, 0.15) is 11.5 Å². The second-order valence-electron chi connectivity index (χ2n) is 7.68. The molecule has 1 heterocycles. The lowest BCUT2D eigenvalue weighted by atomic mass is 10.1. The molecule has 1 amide bonds. The van der Waals surface area contributed by atoms with Gasteiger partial charge in [-0.15, -0.1) is 0 Å². The summed E-state index contributed by atoms with van der Waals surface area (Å²) in [6.07, 6.45) is -0.635. The highest BCUT2D eigenvalue weighted by Crippen LogP contribution is 2.34. The van der Waals surface area contributed by atoms with E-state index in [2.05, 4.69) is 10.6 Å². The number of para-hydroxylation sites is 2. The van der Waals surface area contributed by atoms with E-state index in [0.29, 0.717) is 28.6 Å². The molecule has 4 aromatic carbocycles. The van der Waals surface area contributed by atoms with Crippen molar-refractivity contribution in [2.75, 3.05) is 23.5 Å². The van der Waals surface area contributed by atoms with Gasteiger partial charge in [-0.2, -0.15) is 0 Å². The zero-order valence-corrected chi connectivity index (χ0v) is 18.4. The van der Waals surface area contributed by atoms with E-state index in [-0.39, 0.29) is 0 Å². The van der Waals surface area contributed by atoms with Crippen LogP contribution in [0.25, 0.3) is 21.8 Å². The number of carbonyl (C=O) groups excluding carboxylic acids is 1. The minimum Gasteiger partial charge on any atom is -0.497 e. The molecule has 168 valence electrons. The molecule has 7 nitrogen and oxygen atoms in total. The molecule has 7 heteroatoms. The van der Waals surface area contributed by atoms with Gasteiger partial charge in [-0.25, -0.2) is 9.78 Å². The Morgan fingerprint density at radius 3 is 2.18 bits per heavy atom. The minimum atomic E-state index is -0.635. The molecule has 5 rings (SSSR count). The summed E-state index contributed by atoms with van der Waals surface area (Å²) in [7, 11) is 1.56.